The normalized spacial score (nSPS) is 15.0. The number of piperazine rings is 1. The monoisotopic (exact) mass is 337 g/mol. The fourth-order valence-electron chi connectivity index (χ4n) is 2.99. The van der Waals surface area contributed by atoms with E-state index < -0.39 is 0 Å². The quantitative estimate of drug-likeness (QED) is 0.697. The maximum Gasteiger partial charge on any atom is 0.274 e. The highest BCUT2D eigenvalue weighted by Gasteiger charge is 2.24. The fourth-order valence-corrected chi connectivity index (χ4v) is 2.99. The molecule has 4 heterocycles. The van der Waals surface area contributed by atoms with Crippen molar-refractivity contribution in [2.75, 3.05) is 31.1 Å². The molecule has 0 N–H and O–H groups in total. The van der Waals surface area contributed by atoms with E-state index in [1.807, 2.05) is 24.8 Å². The molecule has 25 heavy (non-hydrogen) atoms. The van der Waals surface area contributed by atoms with Crippen molar-refractivity contribution in [2.45, 2.75) is 13.8 Å². The van der Waals surface area contributed by atoms with Crippen LogP contribution in [0.25, 0.3) is 5.65 Å². The number of nitrogens with zero attached hydrogens (tertiary/aromatic N) is 7. The Balaban J connectivity index is 1.50. The molecule has 0 atom stereocenters. The van der Waals surface area contributed by atoms with E-state index >= 15 is 0 Å². The maximum absolute atomic E-state index is 12.8. The second-order valence-corrected chi connectivity index (χ2v) is 6.10. The minimum absolute atomic E-state index is 0.0544. The van der Waals surface area contributed by atoms with Gasteiger partial charge in [-0.3, -0.25) is 4.79 Å². The Hall–Kier alpha value is -3.03. The van der Waals surface area contributed by atoms with Crippen LogP contribution in [-0.4, -0.2) is 61.6 Å². The molecular weight excluding hydrogens is 318 g/mol. The van der Waals surface area contributed by atoms with E-state index in [2.05, 4.69) is 25.0 Å². The molecule has 0 saturated carbocycles. The lowest BCUT2D eigenvalue weighted by Gasteiger charge is -2.34. The summed E-state index contributed by atoms with van der Waals surface area (Å²) in [4.78, 5) is 29.7. The summed E-state index contributed by atoms with van der Waals surface area (Å²) < 4.78 is 1.73. The average Bonchev–Trinajstić information content (AvgIpc) is 2.95. The molecule has 1 aliphatic rings. The standard InChI is InChI=1S/C17H19N7O/c1-12-13(2)24-15(20-12)5-4-14(21-24)16(25)22-8-10-23(11-9-22)17-18-6-3-7-19-17/h3-7H,8-11H2,1-2H3. The number of imidazole rings is 1. The molecule has 128 valence electrons. The molecule has 1 amide bonds. The molecule has 1 saturated heterocycles. The van der Waals surface area contributed by atoms with E-state index in [4.69, 9.17) is 0 Å². The molecule has 3 aromatic heterocycles. The van der Waals surface area contributed by atoms with E-state index in [9.17, 15) is 4.79 Å². The summed E-state index contributed by atoms with van der Waals surface area (Å²) in [6, 6.07) is 5.38. The molecule has 0 radical (unpaired) electrons. The van der Waals surface area contributed by atoms with Gasteiger partial charge in [0.15, 0.2) is 5.65 Å². The topological polar surface area (TPSA) is 79.5 Å². The van der Waals surface area contributed by atoms with Gasteiger partial charge in [0.2, 0.25) is 5.95 Å². The Bertz CT molecular complexity index is 913. The molecule has 8 nitrogen and oxygen atoms in total. The van der Waals surface area contributed by atoms with Gasteiger partial charge in [-0.25, -0.2) is 19.5 Å². The van der Waals surface area contributed by atoms with Crippen LogP contribution < -0.4 is 4.90 Å². The number of hydrogen-bond acceptors (Lipinski definition) is 6. The van der Waals surface area contributed by atoms with E-state index in [0.717, 1.165) is 17.0 Å². The number of anilines is 1. The Labute approximate surface area is 145 Å². The first kappa shape index (κ1) is 15.5. The molecule has 0 aliphatic carbocycles. The average molecular weight is 337 g/mol. The first-order valence-electron chi connectivity index (χ1n) is 8.28. The summed E-state index contributed by atoms with van der Waals surface area (Å²) >= 11 is 0. The maximum atomic E-state index is 12.8. The molecule has 4 rings (SSSR count). The lowest BCUT2D eigenvalue weighted by molar-refractivity contribution is 0.0738. The van der Waals surface area contributed by atoms with Gasteiger partial charge in [-0.15, -0.1) is 0 Å². The molecular formula is C17H19N7O. The zero-order chi connectivity index (χ0) is 17.4. The first-order chi connectivity index (χ1) is 12.1. The lowest BCUT2D eigenvalue weighted by atomic mass is 10.2. The molecule has 1 aliphatic heterocycles. The summed E-state index contributed by atoms with van der Waals surface area (Å²) in [5.41, 5.74) is 3.08. The van der Waals surface area contributed by atoms with Gasteiger partial charge in [0.25, 0.3) is 5.91 Å². The summed E-state index contributed by atoms with van der Waals surface area (Å²) in [6.07, 6.45) is 3.46. The molecule has 0 bridgehead atoms. The van der Waals surface area contributed by atoms with Gasteiger partial charge < -0.3 is 9.80 Å². The number of carbonyl (C=O) groups excluding carboxylic acids is 1. The number of carbonyl (C=O) groups is 1. The van der Waals surface area contributed by atoms with E-state index in [0.29, 0.717) is 37.8 Å². The van der Waals surface area contributed by atoms with E-state index in [-0.39, 0.29) is 5.91 Å². The van der Waals surface area contributed by atoms with Crippen molar-refractivity contribution < 1.29 is 4.79 Å². The second kappa shape index (κ2) is 6.12. The third kappa shape index (κ3) is 2.79. The minimum Gasteiger partial charge on any atom is -0.337 e. The zero-order valence-corrected chi connectivity index (χ0v) is 14.3. The highest BCUT2D eigenvalue weighted by Crippen LogP contribution is 2.14. The molecule has 0 spiro atoms. The Kier molecular flexibility index (Phi) is 3.79. The van der Waals surface area contributed by atoms with Crippen LogP contribution in [0.2, 0.25) is 0 Å². The number of amides is 1. The van der Waals surface area contributed by atoms with E-state index in [1.165, 1.54) is 0 Å². The Morgan fingerprint density at radius 2 is 1.76 bits per heavy atom. The minimum atomic E-state index is -0.0544. The molecule has 0 unspecified atom stereocenters. The highest BCUT2D eigenvalue weighted by atomic mass is 16.2. The van der Waals surface area contributed by atoms with Gasteiger partial charge in [-0.1, -0.05) is 0 Å². The van der Waals surface area contributed by atoms with Gasteiger partial charge >= 0.3 is 0 Å². The van der Waals surface area contributed by atoms with Crippen molar-refractivity contribution in [3.63, 3.8) is 0 Å². The van der Waals surface area contributed by atoms with Gasteiger partial charge in [0.05, 0.1) is 11.4 Å². The third-order valence-corrected chi connectivity index (χ3v) is 4.56. The van der Waals surface area contributed by atoms with Gasteiger partial charge in [-0.05, 0) is 32.0 Å². The smallest absolute Gasteiger partial charge is 0.274 e. The van der Waals surface area contributed by atoms with Crippen molar-refractivity contribution >= 4 is 17.5 Å². The zero-order valence-electron chi connectivity index (χ0n) is 14.3. The largest absolute Gasteiger partial charge is 0.337 e. The molecule has 1 fully saturated rings. The van der Waals surface area contributed by atoms with Crippen molar-refractivity contribution in [1.29, 1.82) is 0 Å². The molecule has 8 heteroatoms. The predicted molar refractivity (Wildman–Crippen MR) is 92.6 cm³/mol. The van der Waals surface area contributed by atoms with E-state index in [1.54, 1.807) is 29.0 Å². The SMILES string of the molecule is Cc1nc2ccc(C(=O)N3CCN(c4ncccn4)CC3)nn2c1C. The second-order valence-electron chi connectivity index (χ2n) is 6.10. The van der Waals surface area contributed by atoms with Crippen LogP contribution in [0.1, 0.15) is 21.9 Å². The molecule has 3 aromatic rings. The van der Waals surface area contributed by atoms with Crippen LogP contribution in [0.4, 0.5) is 5.95 Å². The lowest BCUT2D eigenvalue weighted by Crippen LogP contribution is -2.49. The Morgan fingerprint density at radius 1 is 1.04 bits per heavy atom. The number of rotatable bonds is 2. The van der Waals surface area contributed by atoms with Crippen LogP contribution >= 0.6 is 0 Å². The van der Waals surface area contributed by atoms with Gasteiger partial charge in [0, 0.05) is 38.6 Å². The van der Waals surface area contributed by atoms with Crippen LogP contribution in [-0.2, 0) is 0 Å². The van der Waals surface area contributed by atoms with Crippen LogP contribution in [0.5, 0.6) is 0 Å². The van der Waals surface area contributed by atoms with Crippen molar-refractivity contribution in [2.24, 2.45) is 0 Å². The van der Waals surface area contributed by atoms with Crippen LogP contribution in [0.15, 0.2) is 30.6 Å². The fraction of sp³-hybridized carbons (Fsp3) is 0.353. The summed E-state index contributed by atoms with van der Waals surface area (Å²) in [5.74, 6) is 0.653. The number of fused-ring (bicyclic) bond motifs is 1. The third-order valence-electron chi connectivity index (χ3n) is 4.56. The van der Waals surface area contributed by atoms with Gasteiger partial charge in [0.1, 0.15) is 5.69 Å². The van der Waals surface area contributed by atoms with Crippen LogP contribution in [0, 0.1) is 13.8 Å². The van der Waals surface area contributed by atoms with Crippen LogP contribution in [0.3, 0.4) is 0 Å². The summed E-state index contributed by atoms with van der Waals surface area (Å²) in [5, 5.41) is 4.47. The van der Waals surface area contributed by atoms with Crippen molar-refractivity contribution in [3.05, 3.63) is 47.7 Å². The number of aromatic nitrogens is 5. The Morgan fingerprint density at radius 3 is 2.48 bits per heavy atom. The van der Waals surface area contributed by atoms with Crippen molar-refractivity contribution in [3.8, 4) is 0 Å². The number of hydrogen-bond donors (Lipinski definition) is 0. The van der Waals surface area contributed by atoms with Gasteiger partial charge in [-0.2, -0.15) is 5.10 Å². The highest BCUT2D eigenvalue weighted by molar-refractivity contribution is 5.92. The van der Waals surface area contributed by atoms with Crippen molar-refractivity contribution in [1.82, 2.24) is 29.5 Å². The predicted octanol–water partition coefficient (Wildman–Crippen LogP) is 1.10. The molecule has 0 aromatic carbocycles. The summed E-state index contributed by atoms with van der Waals surface area (Å²) in [7, 11) is 0. The first-order valence-corrected chi connectivity index (χ1v) is 8.28. The summed E-state index contributed by atoms with van der Waals surface area (Å²) in [6.45, 7) is 6.56. The number of aryl methyl sites for hydroxylation is 2.